The zero-order valence-electron chi connectivity index (χ0n) is 18.6. The fraction of sp³-hybridized carbons (Fsp3) is 0.103. The monoisotopic (exact) mass is 415 g/mol. The lowest BCUT2D eigenvalue weighted by atomic mass is 10.0. The zero-order valence-corrected chi connectivity index (χ0v) is 18.6. The maximum atomic E-state index is 4.60. The molecule has 0 unspecified atom stereocenters. The summed E-state index contributed by atoms with van der Waals surface area (Å²) in [5, 5.41) is 12.7. The van der Waals surface area contributed by atoms with Crippen molar-refractivity contribution in [1.82, 2.24) is 14.6 Å². The van der Waals surface area contributed by atoms with Crippen LogP contribution >= 0.6 is 0 Å². The summed E-state index contributed by atoms with van der Waals surface area (Å²) in [5.74, 6) is 0.864. The first-order valence-corrected chi connectivity index (χ1v) is 11.1. The van der Waals surface area contributed by atoms with Gasteiger partial charge in [0.15, 0.2) is 11.5 Å². The third-order valence-corrected chi connectivity index (χ3v) is 5.76. The minimum atomic E-state index is 0.864. The number of para-hydroxylation sites is 1. The molecular formula is C29H25N3. The number of aryl methyl sites for hydroxylation is 1. The van der Waals surface area contributed by atoms with Crippen molar-refractivity contribution in [1.29, 1.82) is 0 Å². The largest absolute Gasteiger partial charge is 0.274 e. The Bertz CT molecular complexity index is 1540. The van der Waals surface area contributed by atoms with E-state index in [0.717, 1.165) is 27.9 Å². The van der Waals surface area contributed by atoms with E-state index in [2.05, 4.69) is 119 Å². The van der Waals surface area contributed by atoms with Crippen LogP contribution in [0.4, 0.5) is 0 Å². The maximum Gasteiger partial charge on any atom is 0.169 e. The number of benzene rings is 4. The fourth-order valence-electron chi connectivity index (χ4n) is 4.32. The number of nitrogens with zero attached hydrogens (tertiary/aromatic N) is 3. The first-order chi connectivity index (χ1) is 15.8. The number of hydrogen-bond acceptors (Lipinski definition) is 2. The van der Waals surface area contributed by atoms with E-state index in [0.29, 0.717) is 0 Å². The Balaban J connectivity index is 0.00000105. The highest BCUT2D eigenvalue weighted by molar-refractivity contribution is 6.12. The van der Waals surface area contributed by atoms with Crippen molar-refractivity contribution in [2.24, 2.45) is 0 Å². The lowest BCUT2D eigenvalue weighted by molar-refractivity contribution is 1.12. The molecular weight excluding hydrogens is 390 g/mol. The van der Waals surface area contributed by atoms with Crippen LogP contribution in [-0.2, 0) is 0 Å². The Kier molecular flexibility index (Phi) is 5.16. The van der Waals surface area contributed by atoms with E-state index in [1.807, 2.05) is 13.8 Å². The molecule has 32 heavy (non-hydrogen) atoms. The van der Waals surface area contributed by atoms with Gasteiger partial charge in [-0.05, 0) is 29.5 Å². The van der Waals surface area contributed by atoms with Crippen LogP contribution in [0.25, 0.3) is 49.8 Å². The molecule has 0 saturated carbocycles. The quantitative estimate of drug-likeness (QED) is 0.271. The molecule has 4 aromatic carbocycles. The van der Waals surface area contributed by atoms with Crippen molar-refractivity contribution in [3.63, 3.8) is 0 Å². The van der Waals surface area contributed by atoms with E-state index in [1.165, 1.54) is 27.5 Å². The van der Waals surface area contributed by atoms with Crippen LogP contribution in [0.15, 0.2) is 97.1 Å². The molecule has 0 aliphatic heterocycles. The molecule has 0 aliphatic rings. The molecule has 6 aromatic rings. The zero-order chi connectivity index (χ0) is 22.1. The van der Waals surface area contributed by atoms with Crippen LogP contribution in [0.3, 0.4) is 0 Å². The average molecular weight is 416 g/mol. The van der Waals surface area contributed by atoms with Crippen LogP contribution < -0.4 is 0 Å². The van der Waals surface area contributed by atoms with Gasteiger partial charge in [0.25, 0.3) is 0 Å². The summed E-state index contributed by atoms with van der Waals surface area (Å²) in [5.41, 5.74) is 6.75. The molecule has 0 fully saturated rings. The Labute approximate surface area is 188 Å². The van der Waals surface area contributed by atoms with E-state index < -0.39 is 0 Å². The molecule has 0 radical (unpaired) electrons. The van der Waals surface area contributed by atoms with E-state index >= 15 is 0 Å². The van der Waals surface area contributed by atoms with Gasteiger partial charge in [0, 0.05) is 16.3 Å². The summed E-state index contributed by atoms with van der Waals surface area (Å²) >= 11 is 0. The van der Waals surface area contributed by atoms with Crippen molar-refractivity contribution in [2.75, 3.05) is 0 Å². The summed E-state index contributed by atoms with van der Waals surface area (Å²) in [6.45, 7) is 6.12. The number of aromatic nitrogens is 3. The summed E-state index contributed by atoms with van der Waals surface area (Å²) in [7, 11) is 0. The van der Waals surface area contributed by atoms with Gasteiger partial charge >= 0.3 is 0 Å². The molecule has 2 heterocycles. The predicted octanol–water partition coefficient (Wildman–Crippen LogP) is 7.70. The summed E-state index contributed by atoms with van der Waals surface area (Å²) in [6.07, 6.45) is 0. The van der Waals surface area contributed by atoms with Crippen LogP contribution in [0.5, 0.6) is 0 Å². The van der Waals surface area contributed by atoms with Crippen molar-refractivity contribution < 1.29 is 0 Å². The maximum absolute atomic E-state index is 4.60. The molecule has 0 saturated heterocycles. The highest BCUT2D eigenvalue weighted by Crippen LogP contribution is 2.32. The number of fused-ring (bicyclic) bond motifs is 6. The highest BCUT2D eigenvalue weighted by atomic mass is 15.2. The fourth-order valence-corrected chi connectivity index (χ4v) is 4.32. The Morgan fingerprint density at radius 1 is 0.562 bits per heavy atom. The number of pyridine rings is 1. The average Bonchev–Trinajstić information content (AvgIpc) is 3.31. The van der Waals surface area contributed by atoms with Gasteiger partial charge in [0.1, 0.15) is 0 Å². The summed E-state index contributed by atoms with van der Waals surface area (Å²) in [6, 6.07) is 34.0. The second-order valence-electron chi connectivity index (χ2n) is 7.69. The molecule has 0 amide bonds. The minimum Gasteiger partial charge on any atom is -0.274 e. The molecule has 0 N–H and O–H groups in total. The molecule has 0 atom stereocenters. The Morgan fingerprint density at radius 3 is 1.97 bits per heavy atom. The van der Waals surface area contributed by atoms with Crippen LogP contribution in [0.1, 0.15) is 19.4 Å². The molecule has 0 aliphatic carbocycles. The van der Waals surface area contributed by atoms with Crippen LogP contribution in [0.2, 0.25) is 0 Å². The SMILES string of the molecule is CC.Cc1cccc(-c2ccc(-c3nnc4c5ccccc5c5ccccc5n34)cc2)c1. The van der Waals surface area contributed by atoms with Gasteiger partial charge in [-0.1, -0.05) is 110 Å². The molecule has 3 nitrogen and oxygen atoms in total. The lowest BCUT2D eigenvalue weighted by Crippen LogP contribution is -1.94. The third-order valence-electron chi connectivity index (χ3n) is 5.76. The second-order valence-corrected chi connectivity index (χ2v) is 7.69. The van der Waals surface area contributed by atoms with Crippen LogP contribution in [0, 0.1) is 6.92 Å². The van der Waals surface area contributed by atoms with Crippen molar-refractivity contribution in [3.05, 3.63) is 103 Å². The first-order valence-electron chi connectivity index (χ1n) is 11.1. The van der Waals surface area contributed by atoms with E-state index in [9.17, 15) is 0 Å². The Morgan fingerprint density at radius 2 is 1.22 bits per heavy atom. The smallest absolute Gasteiger partial charge is 0.169 e. The van der Waals surface area contributed by atoms with E-state index in [1.54, 1.807) is 0 Å². The standard InChI is InChI=1S/C27H19N3.C2H6/c1-18-7-6-8-21(17-18)19-13-15-20(16-14-19)26-28-29-27-24-11-3-2-9-22(24)23-10-4-5-12-25(23)30(26)27;1-2/h2-17H,1H3;1-2H3. The van der Waals surface area contributed by atoms with Crippen LogP contribution in [-0.4, -0.2) is 14.6 Å². The van der Waals surface area contributed by atoms with Gasteiger partial charge in [-0.3, -0.25) is 4.40 Å². The lowest BCUT2D eigenvalue weighted by Gasteiger charge is -2.10. The van der Waals surface area contributed by atoms with Gasteiger partial charge < -0.3 is 0 Å². The normalized spacial score (nSPS) is 11.0. The van der Waals surface area contributed by atoms with E-state index in [-0.39, 0.29) is 0 Å². The summed E-state index contributed by atoms with van der Waals surface area (Å²) < 4.78 is 2.18. The summed E-state index contributed by atoms with van der Waals surface area (Å²) in [4.78, 5) is 0. The third kappa shape index (κ3) is 3.23. The van der Waals surface area contributed by atoms with Gasteiger partial charge in [0.2, 0.25) is 0 Å². The van der Waals surface area contributed by atoms with E-state index in [4.69, 9.17) is 0 Å². The molecule has 0 spiro atoms. The van der Waals surface area contributed by atoms with Gasteiger partial charge in [-0.25, -0.2) is 0 Å². The van der Waals surface area contributed by atoms with Gasteiger partial charge in [-0.15, -0.1) is 10.2 Å². The van der Waals surface area contributed by atoms with Crippen molar-refractivity contribution in [2.45, 2.75) is 20.8 Å². The number of rotatable bonds is 2. The van der Waals surface area contributed by atoms with Crippen molar-refractivity contribution in [3.8, 4) is 22.5 Å². The first kappa shape index (κ1) is 20.0. The molecule has 2 aromatic heterocycles. The molecule has 3 heteroatoms. The number of hydrogen-bond donors (Lipinski definition) is 0. The Hall–Kier alpha value is -3.98. The predicted molar refractivity (Wildman–Crippen MR) is 135 cm³/mol. The topological polar surface area (TPSA) is 30.2 Å². The second kappa shape index (κ2) is 8.27. The minimum absolute atomic E-state index is 0.864. The van der Waals surface area contributed by atoms with Crippen molar-refractivity contribution >= 4 is 27.3 Å². The van der Waals surface area contributed by atoms with Gasteiger partial charge in [0.05, 0.1) is 5.52 Å². The molecule has 156 valence electrons. The highest BCUT2D eigenvalue weighted by Gasteiger charge is 2.15. The molecule has 0 bridgehead atoms. The molecule has 6 rings (SSSR count). The van der Waals surface area contributed by atoms with Gasteiger partial charge in [-0.2, -0.15) is 0 Å².